The van der Waals surface area contributed by atoms with Gasteiger partial charge in [0.25, 0.3) is 0 Å². The fraction of sp³-hybridized carbons (Fsp3) is 0.818. The second-order valence-corrected chi connectivity index (χ2v) is 3.92. The lowest BCUT2D eigenvalue weighted by molar-refractivity contribution is -0.137. The zero-order valence-corrected chi connectivity index (χ0v) is 10.7. The monoisotopic (exact) mass is 262 g/mol. The smallest absolute Gasteiger partial charge is 0.303 e. The number of likely N-dealkylation sites (N-methyl/N-ethyl adjacent to an activating group) is 1. The molecule has 0 radical (unpaired) electrons. The number of carboxylic acids is 1. The summed E-state index contributed by atoms with van der Waals surface area (Å²) in [7, 11) is 1.79. The van der Waals surface area contributed by atoms with E-state index < -0.39 is 5.97 Å². The molecule has 0 atom stereocenters. The molecule has 0 aliphatic heterocycles. The lowest BCUT2D eigenvalue weighted by Gasteiger charge is -2.15. The van der Waals surface area contributed by atoms with Crippen molar-refractivity contribution in [2.45, 2.75) is 12.8 Å². The second-order valence-electron chi connectivity index (χ2n) is 3.92. The van der Waals surface area contributed by atoms with Gasteiger partial charge in [0.2, 0.25) is 5.91 Å². The lowest BCUT2D eigenvalue weighted by atomic mass is 10.3. The molecule has 3 N–H and O–H groups in total. The SMILES string of the molecule is CN(CCOCCO)CC(=O)NCCCC(=O)O. The molecule has 18 heavy (non-hydrogen) atoms. The van der Waals surface area contributed by atoms with Crippen LogP contribution in [0.15, 0.2) is 0 Å². The molecular weight excluding hydrogens is 240 g/mol. The van der Waals surface area contributed by atoms with Crippen LogP contribution in [0.4, 0.5) is 0 Å². The number of carboxylic acid groups (broad SMARTS) is 1. The molecule has 7 heteroatoms. The number of carbonyl (C=O) groups excluding carboxylic acids is 1. The highest BCUT2D eigenvalue weighted by atomic mass is 16.5. The van der Waals surface area contributed by atoms with Gasteiger partial charge in [-0.2, -0.15) is 0 Å². The number of aliphatic carboxylic acids is 1. The molecule has 0 aliphatic carbocycles. The van der Waals surface area contributed by atoms with Crippen LogP contribution >= 0.6 is 0 Å². The van der Waals surface area contributed by atoms with Crippen LogP contribution in [0, 0.1) is 0 Å². The van der Waals surface area contributed by atoms with Crippen molar-refractivity contribution in [2.75, 3.05) is 46.5 Å². The van der Waals surface area contributed by atoms with Crippen LogP contribution in [0.3, 0.4) is 0 Å². The zero-order chi connectivity index (χ0) is 13.8. The first-order chi connectivity index (χ1) is 8.56. The molecule has 0 aromatic carbocycles. The first-order valence-electron chi connectivity index (χ1n) is 5.92. The normalized spacial score (nSPS) is 10.6. The Morgan fingerprint density at radius 2 is 2.06 bits per heavy atom. The van der Waals surface area contributed by atoms with Crippen LogP contribution in [0.1, 0.15) is 12.8 Å². The summed E-state index contributed by atoms with van der Waals surface area (Å²) in [6, 6.07) is 0. The molecule has 7 nitrogen and oxygen atoms in total. The highest BCUT2D eigenvalue weighted by Gasteiger charge is 2.06. The molecule has 0 aromatic heterocycles. The highest BCUT2D eigenvalue weighted by molar-refractivity contribution is 5.78. The van der Waals surface area contributed by atoms with Gasteiger partial charge in [0.15, 0.2) is 0 Å². The number of nitrogens with one attached hydrogen (secondary N) is 1. The van der Waals surface area contributed by atoms with E-state index in [9.17, 15) is 9.59 Å². The summed E-state index contributed by atoms with van der Waals surface area (Å²) >= 11 is 0. The number of nitrogens with zero attached hydrogens (tertiary/aromatic N) is 1. The van der Waals surface area contributed by atoms with Gasteiger partial charge in [0, 0.05) is 19.5 Å². The number of carbonyl (C=O) groups is 2. The number of rotatable bonds is 11. The van der Waals surface area contributed by atoms with E-state index in [2.05, 4.69) is 5.32 Å². The number of hydrogen-bond donors (Lipinski definition) is 3. The number of aliphatic hydroxyl groups excluding tert-OH is 1. The molecule has 0 saturated carbocycles. The minimum absolute atomic E-state index is 0.00617. The van der Waals surface area contributed by atoms with Gasteiger partial charge in [-0.3, -0.25) is 14.5 Å². The van der Waals surface area contributed by atoms with Gasteiger partial charge in [0.1, 0.15) is 0 Å². The van der Waals surface area contributed by atoms with Crippen LogP contribution in [-0.4, -0.2) is 73.5 Å². The van der Waals surface area contributed by atoms with Crippen molar-refractivity contribution in [1.29, 1.82) is 0 Å². The molecule has 0 spiro atoms. The van der Waals surface area contributed by atoms with Crippen molar-refractivity contribution in [3.63, 3.8) is 0 Å². The first-order valence-corrected chi connectivity index (χ1v) is 5.92. The largest absolute Gasteiger partial charge is 0.481 e. The maximum absolute atomic E-state index is 11.4. The third kappa shape index (κ3) is 11.3. The average Bonchev–Trinajstić information content (AvgIpc) is 2.30. The molecule has 0 aromatic rings. The summed E-state index contributed by atoms with van der Waals surface area (Å²) in [5.41, 5.74) is 0. The van der Waals surface area contributed by atoms with E-state index in [-0.39, 0.29) is 25.5 Å². The summed E-state index contributed by atoms with van der Waals surface area (Å²) in [4.78, 5) is 23.4. The minimum Gasteiger partial charge on any atom is -0.481 e. The zero-order valence-electron chi connectivity index (χ0n) is 10.7. The Morgan fingerprint density at radius 1 is 1.33 bits per heavy atom. The molecule has 0 unspecified atom stereocenters. The summed E-state index contributed by atoms with van der Waals surface area (Å²) in [5.74, 6) is -0.993. The van der Waals surface area contributed by atoms with Crippen LogP contribution in [0.5, 0.6) is 0 Å². The molecule has 0 rings (SSSR count). The molecule has 0 saturated heterocycles. The number of aliphatic hydroxyl groups is 1. The predicted molar refractivity (Wildman–Crippen MR) is 65.3 cm³/mol. The third-order valence-electron chi connectivity index (χ3n) is 2.16. The van der Waals surface area contributed by atoms with E-state index in [4.69, 9.17) is 14.9 Å². The summed E-state index contributed by atoms with van der Waals surface area (Å²) in [6.07, 6.45) is 0.496. The first kappa shape index (κ1) is 16.8. The Balaban J connectivity index is 3.46. The van der Waals surface area contributed by atoms with E-state index in [1.54, 1.807) is 11.9 Å². The van der Waals surface area contributed by atoms with E-state index in [0.29, 0.717) is 32.7 Å². The maximum Gasteiger partial charge on any atom is 0.303 e. The Bertz CT molecular complexity index is 248. The Kier molecular flexibility index (Phi) is 10.2. The Labute approximate surface area is 107 Å². The number of ether oxygens (including phenoxy) is 1. The van der Waals surface area contributed by atoms with Crippen LogP contribution < -0.4 is 5.32 Å². The van der Waals surface area contributed by atoms with Gasteiger partial charge >= 0.3 is 5.97 Å². The van der Waals surface area contributed by atoms with Crippen LogP contribution in [0.25, 0.3) is 0 Å². The average molecular weight is 262 g/mol. The topological polar surface area (TPSA) is 99.1 Å². The van der Waals surface area contributed by atoms with Crippen molar-refractivity contribution in [3.8, 4) is 0 Å². The van der Waals surface area contributed by atoms with Gasteiger partial charge < -0.3 is 20.3 Å². The van der Waals surface area contributed by atoms with E-state index in [1.165, 1.54) is 0 Å². The van der Waals surface area contributed by atoms with Crippen molar-refractivity contribution >= 4 is 11.9 Å². The molecule has 1 amide bonds. The standard InChI is InChI=1S/C11H22N2O5/c1-13(5-7-18-8-6-14)9-10(15)12-4-2-3-11(16)17/h14H,2-9H2,1H3,(H,12,15)(H,16,17). The predicted octanol–water partition coefficient (Wildman–Crippen LogP) is -1.09. The van der Waals surface area contributed by atoms with Gasteiger partial charge in [0.05, 0.1) is 26.4 Å². The molecule has 0 fully saturated rings. The second kappa shape index (κ2) is 10.9. The Morgan fingerprint density at radius 3 is 2.67 bits per heavy atom. The van der Waals surface area contributed by atoms with E-state index >= 15 is 0 Å². The number of hydrogen-bond acceptors (Lipinski definition) is 5. The molecule has 0 bridgehead atoms. The van der Waals surface area contributed by atoms with Crippen molar-refractivity contribution < 1.29 is 24.5 Å². The minimum atomic E-state index is -0.859. The van der Waals surface area contributed by atoms with Crippen molar-refractivity contribution in [2.24, 2.45) is 0 Å². The Hall–Kier alpha value is -1.18. The van der Waals surface area contributed by atoms with Crippen LogP contribution in [-0.2, 0) is 14.3 Å². The summed E-state index contributed by atoms with van der Waals surface area (Å²) in [6.45, 7) is 1.98. The van der Waals surface area contributed by atoms with E-state index in [1.807, 2.05) is 0 Å². The summed E-state index contributed by atoms with van der Waals surface area (Å²) < 4.78 is 5.07. The van der Waals surface area contributed by atoms with Gasteiger partial charge in [-0.25, -0.2) is 0 Å². The van der Waals surface area contributed by atoms with Gasteiger partial charge in [-0.15, -0.1) is 0 Å². The van der Waals surface area contributed by atoms with Crippen molar-refractivity contribution in [3.05, 3.63) is 0 Å². The number of amides is 1. The highest BCUT2D eigenvalue weighted by Crippen LogP contribution is 1.87. The fourth-order valence-electron chi connectivity index (χ4n) is 1.23. The van der Waals surface area contributed by atoms with Crippen molar-refractivity contribution in [1.82, 2.24) is 10.2 Å². The maximum atomic E-state index is 11.4. The molecule has 0 aliphatic rings. The molecular formula is C11H22N2O5. The van der Waals surface area contributed by atoms with Gasteiger partial charge in [-0.1, -0.05) is 0 Å². The third-order valence-corrected chi connectivity index (χ3v) is 2.16. The van der Waals surface area contributed by atoms with E-state index in [0.717, 1.165) is 0 Å². The van der Waals surface area contributed by atoms with Gasteiger partial charge in [-0.05, 0) is 13.5 Å². The molecule has 106 valence electrons. The quantitative estimate of drug-likeness (QED) is 0.409. The summed E-state index contributed by atoms with van der Waals surface area (Å²) in [5, 5.41) is 19.6. The lowest BCUT2D eigenvalue weighted by Crippen LogP contribution is -2.37. The fourth-order valence-corrected chi connectivity index (χ4v) is 1.23. The molecule has 0 heterocycles. The van der Waals surface area contributed by atoms with Crippen LogP contribution in [0.2, 0.25) is 0 Å².